The van der Waals surface area contributed by atoms with Crippen molar-refractivity contribution in [2.45, 2.75) is 32.3 Å². The molecular weight excluding hydrogens is 244 g/mol. The summed E-state index contributed by atoms with van der Waals surface area (Å²) in [7, 11) is 0. The van der Waals surface area contributed by atoms with Gasteiger partial charge in [0.1, 0.15) is 11.4 Å². The molecule has 1 aliphatic heterocycles. The van der Waals surface area contributed by atoms with Crippen LogP contribution in [0.1, 0.15) is 46.5 Å². The molecule has 0 amide bonds. The minimum absolute atomic E-state index is 0.263. The maximum Gasteiger partial charge on any atom is 0.228 e. The Hall–Kier alpha value is -2.10. The SMILES string of the molecule is CC1(C)CCc2c(ccc3c2C(=O)C=C(O)C3=O)O1. The van der Waals surface area contributed by atoms with Crippen molar-refractivity contribution in [3.05, 3.63) is 40.7 Å². The van der Waals surface area contributed by atoms with Gasteiger partial charge in [-0.25, -0.2) is 0 Å². The maximum atomic E-state index is 12.0. The Labute approximate surface area is 110 Å². The molecule has 19 heavy (non-hydrogen) atoms. The molecule has 0 spiro atoms. The first-order chi connectivity index (χ1) is 8.89. The number of hydrogen-bond acceptors (Lipinski definition) is 4. The smallest absolute Gasteiger partial charge is 0.228 e. The van der Waals surface area contributed by atoms with Gasteiger partial charge >= 0.3 is 0 Å². The fourth-order valence-electron chi connectivity index (χ4n) is 2.62. The van der Waals surface area contributed by atoms with Gasteiger partial charge in [-0.3, -0.25) is 9.59 Å². The molecule has 1 heterocycles. The number of carbonyl (C=O) groups excluding carboxylic acids is 2. The topological polar surface area (TPSA) is 63.6 Å². The second-order valence-electron chi connectivity index (χ2n) is 5.55. The molecule has 0 bridgehead atoms. The Balaban J connectivity index is 2.19. The molecule has 1 aliphatic carbocycles. The summed E-state index contributed by atoms with van der Waals surface area (Å²) in [5.41, 5.74) is 1.17. The maximum absolute atomic E-state index is 12.0. The number of fused-ring (bicyclic) bond motifs is 3. The highest BCUT2D eigenvalue weighted by Gasteiger charge is 2.34. The summed E-state index contributed by atoms with van der Waals surface area (Å²) in [6.45, 7) is 3.99. The van der Waals surface area contributed by atoms with Crippen LogP contribution in [0.25, 0.3) is 0 Å². The lowest BCUT2D eigenvalue weighted by atomic mass is 9.84. The number of allylic oxidation sites excluding steroid dienone is 2. The number of aliphatic hydroxyl groups excluding tert-OH is 1. The van der Waals surface area contributed by atoms with Crippen molar-refractivity contribution in [3.63, 3.8) is 0 Å². The van der Waals surface area contributed by atoms with Gasteiger partial charge < -0.3 is 9.84 Å². The number of Topliss-reactive ketones (excluding diaryl/α,β-unsaturated/α-hetero) is 1. The molecule has 0 atom stereocenters. The zero-order chi connectivity index (χ0) is 13.8. The van der Waals surface area contributed by atoms with Crippen LogP contribution in [0.5, 0.6) is 5.75 Å². The van der Waals surface area contributed by atoms with E-state index in [0.717, 1.165) is 18.1 Å². The van der Waals surface area contributed by atoms with Gasteiger partial charge in [0, 0.05) is 22.8 Å². The van der Waals surface area contributed by atoms with Crippen LogP contribution in [0, 0.1) is 0 Å². The third-order valence-corrected chi connectivity index (χ3v) is 3.62. The quantitative estimate of drug-likeness (QED) is 0.777. The minimum atomic E-state index is -0.498. The van der Waals surface area contributed by atoms with E-state index in [1.807, 2.05) is 13.8 Å². The Morgan fingerprint density at radius 1 is 1.26 bits per heavy atom. The van der Waals surface area contributed by atoms with Crippen LogP contribution in [-0.4, -0.2) is 22.3 Å². The first kappa shape index (κ1) is 12.0. The number of ether oxygens (including phenoxy) is 1. The van der Waals surface area contributed by atoms with E-state index >= 15 is 0 Å². The van der Waals surface area contributed by atoms with Crippen LogP contribution in [-0.2, 0) is 6.42 Å². The highest BCUT2D eigenvalue weighted by molar-refractivity contribution is 6.24. The molecule has 0 aromatic heterocycles. The van der Waals surface area contributed by atoms with Crippen molar-refractivity contribution in [1.82, 2.24) is 0 Å². The number of benzene rings is 1. The fourth-order valence-corrected chi connectivity index (χ4v) is 2.62. The first-order valence-corrected chi connectivity index (χ1v) is 6.24. The Morgan fingerprint density at radius 2 is 2.00 bits per heavy atom. The summed E-state index contributed by atoms with van der Waals surface area (Å²) in [6.07, 6.45) is 2.47. The Kier molecular flexibility index (Phi) is 2.33. The summed E-state index contributed by atoms with van der Waals surface area (Å²) in [4.78, 5) is 23.9. The summed E-state index contributed by atoms with van der Waals surface area (Å²) >= 11 is 0. The Morgan fingerprint density at radius 3 is 2.74 bits per heavy atom. The second-order valence-corrected chi connectivity index (χ2v) is 5.55. The zero-order valence-electron chi connectivity index (χ0n) is 10.8. The molecular formula is C15H14O4. The monoisotopic (exact) mass is 258 g/mol. The zero-order valence-corrected chi connectivity index (χ0v) is 10.8. The second kappa shape index (κ2) is 3.70. The van der Waals surface area contributed by atoms with Crippen molar-refractivity contribution >= 4 is 11.6 Å². The summed E-state index contributed by atoms with van der Waals surface area (Å²) in [6, 6.07) is 3.26. The van der Waals surface area contributed by atoms with Crippen LogP contribution >= 0.6 is 0 Å². The van der Waals surface area contributed by atoms with E-state index in [-0.39, 0.29) is 16.9 Å². The molecule has 1 N–H and O–H groups in total. The van der Waals surface area contributed by atoms with E-state index in [4.69, 9.17) is 4.74 Å². The largest absolute Gasteiger partial charge is 0.504 e. The minimum Gasteiger partial charge on any atom is -0.504 e. The normalized spacial score (nSPS) is 20.2. The molecule has 0 fully saturated rings. The fraction of sp³-hybridized carbons (Fsp3) is 0.333. The van der Waals surface area contributed by atoms with E-state index in [1.54, 1.807) is 12.1 Å². The van der Waals surface area contributed by atoms with Gasteiger partial charge in [-0.2, -0.15) is 0 Å². The molecule has 1 aromatic rings. The number of rotatable bonds is 0. The lowest BCUT2D eigenvalue weighted by Crippen LogP contribution is -2.34. The molecule has 4 heteroatoms. The molecule has 0 saturated carbocycles. The highest BCUT2D eigenvalue weighted by Crippen LogP contribution is 2.38. The lowest BCUT2D eigenvalue weighted by Gasteiger charge is -2.34. The molecule has 4 nitrogen and oxygen atoms in total. The summed E-state index contributed by atoms with van der Waals surface area (Å²) in [5.74, 6) is -0.657. The van der Waals surface area contributed by atoms with Crippen molar-refractivity contribution in [2.75, 3.05) is 0 Å². The first-order valence-electron chi connectivity index (χ1n) is 6.24. The molecule has 2 aliphatic rings. The highest BCUT2D eigenvalue weighted by atomic mass is 16.5. The third kappa shape index (κ3) is 1.75. The predicted octanol–water partition coefficient (Wildman–Crippen LogP) is 2.61. The lowest BCUT2D eigenvalue weighted by molar-refractivity contribution is 0.0827. The van der Waals surface area contributed by atoms with Gasteiger partial charge in [0.25, 0.3) is 0 Å². The van der Waals surface area contributed by atoms with Gasteiger partial charge in [-0.15, -0.1) is 0 Å². The summed E-state index contributed by atoms with van der Waals surface area (Å²) < 4.78 is 5.85. The van der Waals surface area contributed by atoms with E-state index in [2.05, 4.69) is 0 Å². The predicted molar refractivity (Wildman–Crippen MR) is 68.8 cm³/mol. The Bertz CT molecular complexity index is 638. The van der Waals surface area contributed by atoms with Crippen molar-refractivity contribution in [1.29, 1.82) is 0 Å². The molecule has 0 radical (unpaired) electrons. The van der Waals surface area contributed by atoms with Gasteiger partial charge in [0.2, 0.25) is 5.78 Å². The van der Waals surface area contributed by atoms with Crippen LogP contribution in [0.3, 0.4) is 0 Å². The molecule has 98 valence electrons. The molecule has 0 unspecified atom stereocenters. The molecule has 3 rings (SSSR count). The van der Waals surface area contributed by atoms with E-state index in [0.29, 0.717) is 17.7 Å². The van der Waals surface area contributed by atoms with E-state index < -0.39 is 11.5 Å². The van der Waals surface area contributed by atoms with Crippen molar-refractivity contribution in [2.24, 2.45) is 0 Å². The van der Waals surface area contributed by atoms with E-state index in [9.17, 15) is 14.7 Å². The molecule has 0 saturated heterocycles. The van der Waals surface area contributed by atoms with Crippen LogP contribution in [0.2, 0.25) is 0 Å². The number of ketones is 2. The van der Waals surface area contributed by atoms with Crippen molar-refractivity contribution < 1.29 is 19.4 Å². The number of aliphatic hydroxyl groups is 1. The average molecular weight is 258 g/mol. The third-order valence-electron chi connectivity index (χ3n) is 3.62. The summed E-state index contributed by atoms with van der Waals surface area (Å²) in [5, 5.41) is 9.44. The van der Waals surface area contributed by atoms with Gasteiger partial charge in [-0.1, -0.05) is 0 Å². The van der Waals surface area contributed by atoms with Crippen molar-refractivity contribution in [3.8, 4) is 5.75 Å². The standard InChI is InChI=1S/C15H14O4/c1-15(2)6-5-8-12(19-15)4-3-9-13(8)10(16)7-11(17)14(9)18/h3-4,7,17H,5-6H2,1-2H3. The number of hydrogen-bond donors (Lipinski definition) is 1. The average Bonchev–Trinajstić information content (AvgIpc) is 2.33. The van der Waals surface area contributed by atoms with Crippen LogP contribution in [0.15, 0.2) is 24.0 Å². The van der Waals surface area contributed by atoms with Crippen LogP contribution in [0.4, 0.5) is 0 Å². The van der Waals surface area contributed by atoms with Gasteiger partial charge in [-0.05, 0) is 38.8 Å². The van der Waals surface area contributed by atoms with E-state index in [1.165, 1.54) is 0 Å². The van der Waals surface area contributed by atoms with Crippen LogP contribution < -0.4 is 4.74 Å². The van der Waals surface area contributed by atoms with Gasteiger partial charge in [0.05, 0.1) is 0 Å². The number of carbonyl (C=O) groups is 2. The van der Waals surface area contributed by atoms with Gasteiger partial charge in [0.15, 0.2) is 11.5 Å². The molecule has 1 aromatic carbocycles.